The number of ether oxygens (including phenoxy) is 2. The van der Waals surface area contributed by atoms with Crippen molar-refractivity contribution in [1.29, 1.82) is 0 Å². The number of piperidine rings is 1. The first-order valence-electron chi connectivity index (χ1n) is 13.9. The van der Waals surface area contributed by atoms with E-state index in [1.807, 2.05) is 4.90 Å². The summed E-state index contributed by atoms with van der Waals surface area (Å²) in [5, 5.41) is 13.6. The van der Waals surface area contributed by atoms with E-state index in [0.29, 0.717) is 31.1 Å². The van der Waals surface area contributed by atoms with Gasteiger partial charge in [-0.25, -0.2) is 9.37 Å². The van der Waals surface area contributed by atoms with E-state index in [2.05, 4.69) is 30.7 Å². The van der Waals surface area contributed by atoms with E-state index in [9.17, 15) is 14.0 Å². The lowest BCUT2D eigenvalue weighted by atomic mass is 9.82. The van der Waals surface area contributed by atoms with Crippen LogP contribution < -0.4 is 15.4 Å². The van der Waals surface area contributed by atoms with Gasteiger partial charge in [-0.1, -0.05) is 0 Å². The number of H-pyrrole nitrogens is 1. The fourth-order valence-corrected chi connectivity index (χ4v) is 6.85. The highest BCUT2D eigenvalue weighted by molar-refractivity contribution is 5.94. The van der Waals surface area contributed by atoms with Crippen LogP contribution in [0.15, 0.2) is 18.3 Å². The first kappa shape index (κ1) is 24.9. The number of methoxy groups -OCH3 is 1. The molecule has 2 aromatic heterocycles. The molecule has 4 saturated heterocycles. The Morgan fingerprint density at radius 1 is 1.23 bits per heavy atom. The second-order valence-electron chi connectivity index (χ2n) is 11.7. The summed E-state index contributed by atoms with van der Waals surface area (Å²) in [5.41, 5.74) is 0.551. The number of likely N-dealkylation sites (tertiary alicyclic amines) is 2. The van der Waals surface area contributed by atoms with Crippen LogP contribution >= 0.6 is 0 Å². The van der Waals surface area contributed by atoms with E-state index in [0.717, 1.165) is 58.2 Å². The molecule has 1 aliphatic carbocycles. The molecular weight excluding hydrogens is 505 g/mol. The molecule has 0 aromatic carbocycles. The van der Waals surface area contributed by atoms with Gasteiger partial charge in [-0.15, -0.1) is 0 Å². The summed E-state index contributed by atoms with van der Waals surface area (Å²) in [7, 11) is 1.46. The summed E-state index contributed by atoms with van der Waals surface area (Å²) in [6, 6.07) is 3.64. The average Bonchev–Trinajstić information content (AvgIpc) is 3.26. The summed E-state index contributed by atoms with van der Waals surface area (Å²) < 4.78 is 25.3. The van der Waals surface area contributed by atoms with Crippen LogP contribution in [0.3, 0.4) is 0 Å². The Hall–Kier alpha value is -3.09. The number of nitrogens with zero attached hydrogens (tertiary/aromatic N) is 4. The molecule has 39 heavy (non-hydrogen) atoms. The Morgan fingerprint density at radius 3 is 2.77 bits per heavy atom. The number of carbonyl (C=O) groups is 2. The molecule has 2 aromatic rings. The molecule has 0 bridgehead atoms. The average molecular weight is 540 g/mol. The number of halogens is 1. The van der Waals surface area contributed by atoms with E-state index in [-0.39, 0.29) is 52.1 Å². The SMILES string of the molecule is COc1cc(-c2cc(C(=O)N3CC[C@H](C(=O)N[C@@H]4CCN([C@@H]5COC56CNC6)C4)CC34CC4)n[nH]2)c(F)cn1. The largest absolute Gasteiger partial charge is 0.481 e. The number of aromatic amines is 1. The Balaban J connectivity index is 0.968. The Morgan fingerprint density at radius 2 is 2.08 bits per heavy atom. The van der Waals surface area contributed by atoms with Crippen molar-refractivity contribution in [2.75, 3.05) is 46.4 Å². The maximum Gasteiger partial charge on any atom is 0.274 e. The molecule has 2 spiro atoms. The molecule has 0 radical (unpaired) electrons. The highest BCUT2D eigenvalue weighted by atomic mass is 19.1. The highest BCUT2D eigenvalue weighted by Gasteiger charge is 2.57. The molecule has 2 amide bonds. The third kappa shape index (κ3) is 4.20. The monoisotopic (exact) mass is 539 g/mol. The van der Waals surface area contributed by atoms with Gasteiger partial charge in [0, 0.05) is 61.9 Å². The maximum atomic E-state index is 14.4. The maximum absolute atomic E-state index is 14.4. The zero-order chi connectivity index (χ0) is 26.8. The van der Waals surface area contributed by atoms with Gasteiger partial charge in [-0.2, -0.15) is 5.10 Å². The second-order valence-corrected chi connectivity index (χ2v) is 11.7. The molecule has 3 atom stereocenters. The molecule has 11 nitrogen and oxygen atoms in total. The van der Waals surface area contributed by atoms with Gasteiger partial charge in [-0.05, 0) is 38.2 Å². The third-order valence-electron chi connectivity index (χ3n) is 9.46. The molecule has 6 heterocycles. The zero-order valence-electron chi connectivity index (χ0n) is 22.0. The van der Waals surface area contributed by atoms with Crippen molar-refractivity contribution in [1.82, 2.24) is 35.6 Å². The van der Waals surface area contributed by atoms with Crippen molar-refractivity contribution < 1.29 is 23.5 Å². The van der Waals surface area contributed by atoms with Gasteiger partial charge in [0.1, 0.15) is 5.60 Å². The standard InChI is InChI=1S/C27H34FN7O4/c1-38-23-8-18(19(28)11-30-23)20-9-21(33-32-20)25(37)35-7-2-16(10-26(35)4-5-26)24(36)31-17-3-6-34(12-17)22-13-39-27(22)14-29-15-27/h8-9,11,16-17,22,29H,2-7,10,12-15H2,1H3,(H,31,36)(H,32,33)/t16-,17+,22+/m0/s1. The molecule has 12 heteroatoms. The molecule has 0 unspecified atom stereocenters. The summed E-state index contributed by atoms with van der Waals surface area (Å²) >= 11 is 0. The van der Waals surface area contributed by atoms with Crippen molar-refractivity contribution in [3.05, 3.63) is 29.8 Å². The lowest BCUT2D eigenvalue weighted by molar-refractivity contribution is -0.232. The van der Waals surface area contributed by atoms with Crippen LogP contribution in [0.5, 0.6) is 5.88 Å². The molecule has 208 valence electrons. The van der Waals surface area contributed by atoms with Crippen LogP contribution in [0.1, 0.15) is 42.6 Å². The number of carbonyl (C=O) groups excluding carboxylic acids is 2. The molecular formula is C27H34FN7O4. The van der Waals surface area contributed by atoms with Crippen LogP contribution in [-0.2, 0) is 9.53 Å². The van der Waals surface area contributed by atoms with Crippen molar-refractivity contribution in [3.8, 4) is 17.1 Å². The number of pyridine rings is 1. The van der Waals surface area contributed by atoms with Crippen LogP contribution in [0, 0.1) is 11.7 Å². The van der Waals surface area contributed by atoms with Crippen LogP contribution in [0.2, 0.25) is 0 Å². The van der Waals surface area contributed by atoms with E-state index in [1.54, 1.807) is 6.07 Å². The molecule has 3 N–H and O–H groups in total. The summed E-state index contributed by atoms with van der Waals surface area (Å²) in [6.45, 7) is 4.97. The number of amides is 2. The lowest BCUT2D eigenvalue weighted by Gasteiger charge is -2.58. The molecule has 5 aliphatic rings. The minimum absolute atomic E-state index is 0.00889. The number of nitrogens with one attached hydrogen (secondary N) is 3. The van der Waals surface area contributed by atoms with Crippen molar-refractivity contribution >= 4 is 11.8 Å². The summed E-state index contributed by atoms with van der Waals surface area (Å²) in [4.78, 5) is 35.0. The van der Waals surface area contributed by atoms with Gasteiger partial charge >= 0.3 is 0 Å². The van der Waals surface area contributed by atoms with Gasteiger partial charge < -0.3 is 25.0 Å². The Bertz CT molecular complexity index is 1290. The van der Waals surface area contributed by atoms with E-state index in [1.165, 1.54) is 13.2 Å². The van der Waals surface area contributed by atoms with E-state index >= 15 is 0 Å². The van der Waals surface area contributed by atoms with Crippen molar-refractivity contribution in [2.24, 2.45) is 5.92 Å². The first-order chi connectivity index (χ1) is 18.9. The summed E-state index contributed by atoms with van der Waals surface area (Å²) in [5.74, 6) is -0.450. The van der Waals surface area contributed by atoms with Gasteiger partial charge in [-0.3, -0.25) is 19.6 Å². The number of rotatable bonds is 6. The van der Waals surface area contributed by atoms with Crippen LogP contribution in [0.25, 0.3) is 11.3 Å². The third-order valence-corrected chi connectivity index (χ3v) is 9.46. The van der Waals surface area contributed by atoms with Crippen molar-refractivity contribution in [2.45, 2.75) is 55.3 Å². The minimum atomic E-state index is -0.533. The highest BCUT2D eigenvalue weighted by Crippen LogP contribution is 2.50. The van der Waals surface area contributed by atoms with E-state index < -0.39 is 5.82 Å². The van der Waals surface area contributed by atoms with Gasteiger partial charge in [0.05, 0.1) is 31.6 Å². The van der Waals surface area contributed by atoms with Crippen molar-refractivity contribution in [3.63, 3.8) is 0 Å². The minimum Gasteiger partial charge on any atom is -0.481 e. The number of aromatic nitrogens is 3. The molecule has 7 rings (SSSR count). The lowest BCUT2D eigenvalue weighted by Crippen LogP contribution is -2.78. The Labute approximate surface area is 225 Å². The predicted molar refractivity (Wildman–Crippen MR) is 138 cm³/mol. The normalized spacial score (nSPS) is 28.7. The fourth-order valence-electron chi connectivity index (χ4n) is 6.85. The van der Waals surface area contributed by atoms with Gasteiger partial charge in [0.15, 0.2) is 11.5 Å². The van der Waals surface area contributed by atoms with E-state index in [4.69, 9.17) is 9.47 Å². The second kappa shape index (κ2) is 9.24. The zero-order valence-corrected chi connectivity index (χ0v) is 22.0. The van der Waals surface area contributed by atoms with Crippen LogP contribution in [0.4, 0.5) is 4.39 Å². The number of hydrogen-bond donors (Lipinski definition) is 3. The molecule has 5 fully saturated rings. The predicted octanol–water partition coefficient (Wildman–Crippen LogP) is 0.936. The topological polar surface area (TPSA) is 125 Å². The van der Waals surface area contributed by atoms with Gasteiger partial charge in [0.2, 0.25) is 11.8 Å². The number of hydrogen-bond acceptors (Lipinski definition) is 8. The van der Waals surface area contributed by atoms with Crippen LogP contribution in [-0.4, -0.2) is 106 Å². The Kier molecular flexibility index (Phi) is 5.90. The molecule has 4 aliphatic heterocycles. The first-order valence-corrected chi connectivity index (χ1v) is 13.9. The fraction of sp³-hybridized carbons (Fsp3) is 0.630. The summed E-state index contributed by atoms with van der Waals surface area (Å²) in [6.07, 6.45) is 5.09. The smallest absolute Gasteiger partial charge is 0.274 e. The quantitative estimate of drug-likeness (QED) is 0.496. The molecule has 1 saturated carbocycles. The van der Waals surface area contributed by atoms with Gasteiger partial charge in [0.25, 0.3) is 5.91 Å².